The number of carbonyl (C=O) groups excluding carboxylic acids is 1. The van der Waals surface area contributed by atoms with Gasteiger partial charge in [-0.1, -0.05) is 26.0 Å². The van der Waals surface area contributed by atoms with E-state index in [1.54, 1.807) is 19.9 Å². The molecule has 0 aliphatic heterocycles. The number of methoxy groups -OCH3 is 1. The molecule has 0 bridgehead atoms. The van der Waals surface area contributed by atoms with Gasteiger partial charge in [0.25, 0.3) is 0 Å². The van der Waals surface area contributed by atoms with Crippen molar-refractivity contribution in [3.8, 4) is 11.6 Å². The molecular formula is C21H26N2O3. The summed E-state index contributed by atoms with van der Waals surface area (Å²) >= 11 is 0. The number of benzene rings is 1. The molecule has 1 aromatic carbocycles. The summed E-state index contributed by atoms with van der Waals surface area (Å²) in [4.78, 5) is 21.0. The molecule has 0 saturated carbocycles. The molecule has 0 atom stereocenters. The van der Waals surface area contributed by atoms with E-state index < -0.39 is 5.97 Å². The van der Waals surface area contributed by atoms with Gasteiger partial charge >= 0.3 is 5.97 Å². The van der Waals surface area contributed by atoms with E-state index in [1.165, 1.54) is 12.7 Å². The van der Waals surface area contributed by atoms with Crippen LogP contribution >= 0.6 is 0 Å². The van der Waals surface area contributed by atoms with Crippen LogP contribution in [0.3, 0.4) is 0 Å². The molecule has 138 valence electrons. The van der Waals surface area contributed by atoms with Gasteiger partial charge in [-0.25, -0.2) is 9.78 Å². The summed E-state index contributed by atoms with van der Waals surface area (Å²) in [7, 11) is 1.35. The van der Waals surface area contributed by atoms with Crippen LogP contribution in [-0.2, 0) is 9.53 Å². The van der Waals surface area contributed by atoms with Crippen LogP contribution in [0.15, 0.2) is 24.3 Å². The van der Waals surface area contributed by atoms with Crippen LogP contribution in [0.5, 0.6) is 11.6 Å². The second-order valence-corrected chi connectivity index (χ2v) is 6.57. The van der Waals surface area contributed by atoms with Crippen molar-refractivity contribution in [2.75, 3.05) is 7.11 Å². The first-order chi connectivity index (χ1) is 12.3. The predicted octanol–water partition coefficient (Wildman–Crippen LogP) is 4.89. The highest BCUT2D eigenvalue weighted by molar-refractivity contribution is 6.17. The first kappa shape index (κ1) is 19.6. The minimum atomic E-state index is -0.444. The highest BCUT2D eigenvalue weighted by atomic mass is 16.5. The molecule has 0 fully saturated rings. The van der Waals surface area contributed by atoms with Crippen LogP contribution < -0.4 is 4.74 Å². The maximum atomic E-state index is 12.2. The highest BCUT2D eigenvalue weighted by Gasteiger charge is 2.22. The van der Waals surface area contributed by atoms with Crippen LogP contribution in [0.4, 0.5) is 0 Å². The van der Waals surface area contributed by atoms with E-state index >= 15 is 0 Å². The lowest BCUT2D eigenvalue weighted by Crippen LogP contribution is -2.10. The molecule has 1 heterocycles. The van der Waals surface area contributed by atoms with Gasteiger partial charge < -0.3 is 9.47 Å². The number of esters is 1. The summed E-state index contributed by atoms with van der Waals surface area (Å²) in [6.45, 7) is 11.7. The number of ether oxygens (including phenoxy) is 2. The standard InChI is InChI=1S/C21H26N2O3/c1-8-18(21(24)25-7)19-14(5)22-15(6)23-20(19)26-17-10-13(4)9-16(11-17)12(2)3/h8-12H,1-7H3. The lowest BCUT2D eigenvalue weighted by atomic mass is 10.0. The molecule has 0 aliphatic rings. The Morgan fingerprint density at radius 2 is 1.81 bits per heavy atom. The van der Waals surface area contributed by atoms with E-state index in [2.05, 4.69) is 29.9 Å². The molecule has 5 nitrogen and oxygen atoms in total. The van der Waals surface area contributed by atoms with Gasteiger partial charge in [-0.3, -0.25) is 0 Å². The molecule has 0 spiro atoms. The molecule has 2 aromatic rings. The third-order valence-electron chi connectivity index (χ3n) is 4.09. The zero-order valence-corrected chi connectivity index (χ0v) is 16.5. The fraction of sp³-hybridized carbons (Fsp3) is 0.381. The van der Waals surface area contributed by atoms with E-state index in [-0.39, 0.29) is 0 Å². The van der Waals surface area contributed by atoms with Gasteiger partial charge in [0.05, 0.1) is 23.9 Å². The maximum absolute atomic E-state index is 12.2. The van der Waals surface area contributed by atoms with Crippen molar-refractivity contribution in [1.82, 2.24) is 9.97 Å². The monoisotopic (exact) mass is 354 g/mol. The molecule has 0 aliphatic carbocycles. The van der Waals surface area contributed by atoms with Crippen molar-refractivity contribution in [3.05, 3.63) is 52.5 Å². The van der Waals surface area contributed by atoms with Crippen LogP contribution in [0.1, 0.15) is 54.9 Å². The minimum Gasteiger partial charge on any atom is -0.465 e. The Bertz CT molecular complexity index is 855. The zero-order valence-electron chi connectivity index (χ0n) is 16.5. The molecule has 0 N–H and O–H groups in total. The highest BCUT2D eigenvalue weighted by Crippen LogP contribution is 2.33. The third kappa shape index (κ3) is 4.28. The summed E-state index contributed by atoms with van der Waals surface area (Å²) in [5, 5.41) is 0. The van der Waals surface area contributed by atoms with Gasteiger partial charge in [0.2, 0.25) is 5.88 Å². The predicted molar refractivity (Wildman–Crippen MR) is 103 cm³/mol. The van der Waals surface area contributed by atoms with E-state index in [1.807, 2.05) is 26.0 Å². The maximum Gasteiger partial charge on any atom is 0.338 e. The Kier molecular flexibility index (Phi) is 6.14. The summed E-state index contributed by atoms with van der Waals surface area (Å²) in [5.41, 5.74) is 3.90. The topological polar surface area (TPSA) is 61.3 Å². The van der Waals surface area contributed by atoms with Crippen molar-refractivity contribution in [3.63, 3.8) is 0 Å². The Morgan fingerprint density at radius 1 is 1.12 bits per heavy atom. The molecule has 2 rings (SSSR count). The first-order valence-corrected chi connectivity index (χ1v) is 8.66. The lowest BCUT2D eigenvalue weighted by Gasteiger charge is -2.16. The lowest BCUT2D eigenvalue weighted by molar-refractivity contribution is -0.133. The first-order valence-electron chi connectivity index (χ1n) is 8.66. The number of hydrogen-bond acceptors (Lipinski definition) is 5. The fourth-order valence-electron chi connectivity index (χ4n) is 2.82. The third-order valence-corrected chi connectivity index (χ3v) is 4.09. The molecule has 5 heteroatoms. The summed E-state index contributed by atoms with van der Waals surface area (Å²) in [6.07, 6.45) is 1.69. The average Bonchev–Trinajstić information content (AvgIpc) is 2.56. The number of aryl methyl sites for hydroxylation is 3. The van der Waals surface area contributed by atoms with Crippen LogP contribution in [0, 0.1) is 20.8 Å². The van der Waals surface area contributed by atoms with Crippen molar-refractivity contribution >= 4 is 11.5 Å². The molecule has 0 amide bonds. The molecule has 0 radical (unpaired) electrons. The van der Waals surface area contributed by atoms with Gasteiger partial charge in [0, 0.05) is 0 Å². The second-order valence-electron chi connectivity index (χ2n) is 6.57. The molecular weight excluding hydrogens is 328 g/mol. The molecule has 26 heavy (non-hydrogen) atoms. The molecule has 0 unspecified atom stereocenters. The van der Waals surface area contributed by atoms with Crippen molar-refractivity contribution < 1.29 is 14.3 Å². The van der Waals surface area contributed by atoms with Crippen LogP contribution in [0.25, 0.3) is 5.57 Å². The van der Waals surface area contributed by atoms with Crippen LogP contribution in [0.2, 0.25) is 0 Å². The Balaban J connectivity index is 2.58. The fourth-order valence-corrected chi connectivity index (χ4v) is 2.82. The largest absolute Gasteiger partial charge is 0.465 e. The molecule has 1 aromatic heterocycles. The number of carbonyl (C=O) groups is 1. The second kappa shape index (κ2) is 8.13. The number of aromatic nitrogens is 2. The van der Waals surface area contributed by atoms with Gasteiger partial charge in [-0.15, -0.1) is 0 Å². The van der Waals surface area contributed by atoms with E-state index in [0.717, 1.165) is 5.56 Å². The van der Waals surface area contributed by atoms with Crippen molar-refractivity contribution in [2.24, 2.45) is 0 Å². The Morgan fingerprint density at radius 3 is 2.38 bits per heavy atom. The Labute approximate surface area is 155 Å². The van der Waals surface area contributed by atoms with Gasteiger partial charge in [0.15, 0.2) is 0 Å². The summed E-state index contributed by atoms with van der Waals surface area (Å²) < 4.78 is 11.0. The Hall–Kier alpha value is -2.69. The van der Waals surface area contributed by atoms with Crippen molar-refractivity contribution in [1.29, 1.82) is 0 Å². The zero-order chi connectivity index (χ0) is 19.4. The SMILES string of the molecule is CC=C(C(=O)OC)c1c(C)nc(C)nc1Oc1cc(C)cc(C(C)C)c1. The van der Waals surface area contributed by atoms with Gasteiger partial charge in [-0.2, -0.15) is 4.98 Å². The summed E-state index contributed by atoms with van der Waals surface area (Å²) in [6, 6.07) is 6.10. The quantitative estimate of drug-likeness (QED) is 0.565. The minimum absolute atomic E-state index is 0.355. The molecule has 0 saturated heterocycles. The number of rotatable bonds is 5. The average molecular weight is 354 g/mol. The van der Waals surface area contributed by atoms with Gasteiger partial charge in [-0.05, 0) is 56.9 Å². The van der Waals surface area contributed by atoms with E-state index in [4.69, 9.17) is 9.47 Å². The summed E-state index contributed by atoms with van der Waals surface area (Å²) in [5.74, 6) is 1.56. The van der Waals surface area contributed by atoms with E-state index in [9.17, 15) is 4.79 Å². The van der Waals surface area contributed by atoms with Crippen LogP contribution in [-0.4, -0.2) is 23.0 Å². The van der Waals surface area contributed by atoms with Crippen molar-refractivity contribution in [2.45, 2.75) is 47.5 Å². The number of allylic oxidation sites excluding steroid dienone is 1. The number of hydrogen-bond donors (Lipinski definition) is 0. The smallest absolute Gasteiger partial charge is 0.338 e. The van der Waals surface area contributed by atoms with E-state index in [0.29, 0.717) is 40.2 Å². The van der Waals surface area contributed by atoms with Gasteiger partial charge in [0.1, 0.15) is 11.6 Å². The normalized spacial score (nSPS) is 11.6. The number of nitrogens with zero attached hydrogens (tertiary/aromatic N) is 2.